The second-order valence-electron chi connectivity index (χ2n) is 3.26. The van der Waals surface area contributed by atoms with Gasteiger partial charge in [0.25, 0.3) is 3.12 Å². The van der Waals surface area contributed by atoms with Crippen LogP contribution < -0.4 is 0 Å². The Morgan fingerprint density at radius 3 is 2.53 bits per heavy atom. The summed E-state index contributed by atoms with van der Waals surface area (Å²) in [5.41, 5.74) is 0.140. The highest BCUT2D eigenvalue weighted by Gasteiger charge is 2.45. The van der Waals surface area contributed by atoms with Gasteiger partial charge < -0.3 is 0 Å². The fraction of sp³-hybridized carbons (Fsp3) is 0.300. The summed E-state index contributed by atoms with van der Waals surface area (Å²) in [5, 5.41) is 0.338. The van der Waals surface area contributed by atoms with Gasteiger partial charge in [-0.15, -0.1) is 0 Å². The van der Waals surface area contributed by atoms with E-state index in [2.05, 4.69) is 15.9 Å². The van der Waals surface area contributed by atoms with Crippen LogP contribution in [-0.2, 0) is 9.84 Å². The predicted octanol–water partition coefficient (Wildman–Crippen LogP) is 3.24. The third-order valence-electron chi connectivity index (χ3n) is 2.12. The standard InChI is InChI=1S/C10H9BrCl2O3S/c1-2-17(15,16)10(11,13)9(14)7-4-3-5-8(12)6-7/h3-6H,2H2,1H3. The lowest BCUT2D eigenvalue weighted by Crippen LogP contribution is -2.36. The summed E-state index contributed by atoms with van der Waals surface area (Å²) in [6.45, 7) is 1.42. The summed E-state index contributed by atoms with van der Waals surface area (Å²) in [6, 6.07) is 5.95. The lowest BCUT2D eigenvalue weighted by atomic mass is 10.1. The molecule has 0 aromatic heterocycles. The molecular weight excluding hydrogens is 351 g/mol. The Bertz CT molecular complexity index is 540. The molecule has 1 unspecified atom stereocenters. The predicted molar refractivity (Wildman–Crippen MR) is 72.8 cm³/mol. The van der Waals surface area contributed by atoms with Crippen LogP contribution in [-0.4, -0.2) is 23.1 Å². The molecule has 0 aliphatic heterocycles. The molecule has 0 aliphatic carbocycles. The second-order valence-corrected chi connectivity index (χ2v) is 9.08. The van der Waals surface area contributed by atoms with Gasteiger partial charge in [0.2, 0.25) is 5.78 Å². The molecule has 0 aliphatic rings. The Hall–Kier alpha value is -0.100. The topological polar surface area (TPSA) is 51.2 Å². The Kier molecular flexibility index (Phi) is 4.63. The maximum absolute atomic E-state index is 12.0. The van der Waals surface area contributed by atoms with Crippen LogP contribution in [0.1, 0.15) is 17.3 Å². The van der Waals surface area contributed by atoms with Gasteiger partial charge >= 0.3 is 0 Å². The van der Waals surface area contributed by atoms with Crippen molar-refractivity contribution >= 4 is 54.8 Å². The largest absolute Gasteiger partial charge is 0.290 e. The Labute approximate surface area is 118 Å². The zero-order valence-corrected chi connectivity index (χ0v) is 12.7. The van der Waals surface area contributed by atoms with Crippen LogP contribution >= 0.6 is 39.1 Å². The van der Waals surface area contributed by atoms with Crippen molar-refractivity contribution in [1.82, 2.24) is 0 Å². The smallest absolute Gasteiger partial charge is 0.261 e. The van der Waals surface area contributed by atoms with E-state index in [1.165, 1.54) is 19.1 Å². The van der Waals surface area contributed by atoms with Crippen molar-refractivity contribution in [1.29, 1.82) is 0 Å². The average Bonchev–Trinajstić information content (AvgIpc) is 2.27. The van der Waals surface area contributed by atoms with Crippen LogP contribution in [0.3, 0.4) is 0 Å². The van der Waals surface area contributed by atoms with Crippen LogP contribution in [0.4, 0.5) is 0 Å². The number of rotatable bonds is 4. The number of ketones is 1. The summed E-state index contributed by atoms with van der Waals surface area (Å²) < 4.78 is 21.2. The number of carbonyl (C=O) groups excluding carboxylic acids is 1. The number of hydrogen-bond acceptors (Lipinski definition) is 3. The van der Waals surface area contributed by atoms with Crippen molar-refractivity contribution in [2.24, 2.45) is 0 Å². The molecule has 0 saturated heterocycles. The van der Waals surface area contributed by atoms with E-state index in [-0.39, 0.29) is 11.3 Å². The highest BCUT2D eigenvalue weighted by molar-refractivity contribution is 9.12. The summed E-state index contributed by atoms with van der Waals surface area (Å²) in [4.78, 5) is 12.0. The minimum absolute atomic E-state index is 0.140. The van der Waals surface area contributed by atoms with Gasteiger partial charge in [-0.1, -0.05) is 42.3 Å². The zero-order chi connectivity index (χ0) is 13.3. The van der Waals surface area contributed by atoms with Crippen LogP contribution in [0.15, 0.2) is 24.3 Å². The van der Waals surface area contributed by atoms with E-state index in [0.717, 1.165) is 0 Å². The van der Waals surface area contributed by atoms with Gasteiger partial charge in [0.15, 0.2) is 9.84 Å². The summed E-state index contributed by atoms with van der Waals surface area (Å²) >= 11 is 14.3. The molecule has 1 aromatic carbocycles. The van der Waals surface area contributed by atoms with Crippen molar-refractivity contribution < 1.29 is 13.2 Å². The number of carbonyl (C=O) groups is 1. The van der Waals surface area contributed by atoms with Gasteiger partial charge in [0, 0.05) is 10.6 Å². The number of hydrogen-bond donors (Lipinski definition) is 0. The first-order valence-corrected chi connectivity index (χ1v) is 7.83. The molecule has 1 rings (SSSR count). The SMILES string of the molecule is CCS(=O)(=O)C(Cl)(Br)C(=O)c1cccc(Cl)c1. The van der Waals surface area contributed by atoms with E-state index in [1.807, 2.05) is 0 Å². The van der Waals surface area contributed by atoms with Gasteiger partial charge in [-0.05, 0) is 28.1 Å². The third kappa shape index (κ3) is 3.02. The molecule has 0 fully saturated rings. The molecule has 0 N–H and O–H groups in total. The van der Waals surface area contributed by atoms with E-state index in [0.29, 0.717) is 5.02 Å². The van der Waals surface area contributed by atoms with Crippen molar-refractivity contribution in [3.63, 3.8) is 0 Å². The first kappa shape index (κ1) is 15.0. The quantitative estimate of drug-likeness (QED) is 0.612. The first-order valence-electron chi connectivity index (χ1n) is 4.63. The maximum atomic E-state index is 12.0. The minimum atomic E-state index is -3.77. The molecule has 17 heavy (non-hydrogen) atoms. The average molecular weight is 360 g/mol. The molecule has 1 atom stereocenters. The first-order chi connectivity index (χ1) is 7.72. The molecule has 0 radical (unpaired) electrons. The fourth-order valence-electron chi connectivity index (χ4n) is 1.12. The van der Waals surface area contributed by atoms with E-state index in [9.17, 15) is 13.2 Å². The Morgan fingerprint density at radius 1 is 1.47 bits per heavy atom. The highest BCUT2D eigenvalue weighted by Crippen LogP contribution is 2.35. The van der Waals surface area contributed by atoms with Crippen molar-refractivity contribution in [2.75, 3.05) is 5.75 Å². The number of alkyl halides is 2. The molecule has 0 amide bonds. The Morgan fingerprint density at radius 2 is 2.06 bits per heavy atom. The lowest BCUT2D eigenvalue weighted by molar-refractivity contribution is 0.1000. The minimum Gasteiger partial charge on any atom is -0.290 e. The highest BCUT2D eigenvalue weighted by atomic mass is 79.9. The van der Waals surface area contributed by atoms with Gasteiger partial charge in [-0.2, -0.15) is 0 Å². The second kappa shape index (κ2) is 5.26. The lowest BCUT2D eigenvalue weighted by Gasteiger charge is -2.18. The number of benzene rings is 1. The fourth-order valence-corrected chi connectivity index (χ4v) is 3.43. The monoisotopic (exact) mass is 358 g/mol. The molecule has 0 saturated carbocycles. The normalized spacial score (nSPS) is 15.3. The summed E-state index contributed by atoms with van der Waals surface area (Å²) in [7, 11) is -3.77. The molecule has 0 spiro atoms. The number of sulfone groups is 1. The third-order valence-corrected chi connectivity index (χ3v) is 6.80. The molecule has 1 aromatic rings. The van der Waals surface area contributed by atoms with E-state index < -0.39 is 18.7 Å². The molecule has 3 nitrogen and oxygen atoms in total. The zero-order valence-electron chi connectivity index (χ0n) is 8.78. The van der Waals surface area contributed by atoms with Gasteiger partial charge in [0.1, 0.15) is 0 Å². The van der Waals surface area contributed by atoms with E-state index in [1.54, 1.807) is 12.1 Å². The van der Waals surface area contributed by atoms with Crippen molar-refractivity contribution in [2.45, 2.75) is 10.0 Å². The summed E-state index contributed by atoms with van der Waals surface area (Å²) in [6.07, 6.45) is 0. The van der Waals surface area contributed by atoms with Crippen LogP contribution in [0, 0.1) is 0 Å². The Balaban J connectivity index is 3.23. The van der Waals surface area contributed by atoms with Gasteiger partial charge in [-0.3, -0.25) is 4.79 Å². The molecule has 0 bridgehead atoms. The van der Waals surface area contributed by atoms with E-state index >= 15 is 0 Å². The molecule has 0 heterocycles. The molecule has 7 heteroatoms. The molecular formula is C10H9BrCl2O3S. The molecule has 94 valence electrons. The maximum Gasteiger partial charge on any atom is 0.261 e. The van der Waals surface area contributed by atoms with Gasteiger partial charge in [0.05, 0.1) is 5.75 Å². The van der Waals surface area contributed by atoms with Crippen LogP contribution in [0.5, 0.6) is 0 Å². The van der Waals surface area contributed by atoms with Crippen LogP contribution in [0.25, 0.3) is 0 Å². The van der Waals surface area contributed by atoms with E-state index in [4.69, 9.17) is 23.2 Å². The number of Topliss-reactive ketones (excluding diaryl/α,β-unsaturated/α-hetero) is 1. The van der Waals surface area contributed by atoms with Crippen molar-refractivity contribution in [3.05, 3.63) is 34.9 Å². The van der Waals surface area contributed by atoms with Crippen LogP contribution in [0.2, 0.25) is 5.02 Å². The number of halogens is 3. The van der Waals surface area contributed by atoms with Gasteiger partial charge in [-0.25, -0.2) is 8.42 Å². The van der Waals surface area contributed by atoms with Crippen molar-refractivity contribution in [3.8, 4) is 0 Å². The summed E-state index contributed by atoms with van der Waals surface area (Å²) in [5.74, 6) is -0.989.